The molecule has 3 aromatic rings. The number of hydrogen-bond donors (Lipinski definition) is 1. The van der Waals surface area contributed by atoms with E-state index in [1.807, 2.05) is 0 Å². The first kappa shape index (κ1) is 16.5. The molecule has 1 N–H and O–H groups in total. The fourth-order valence-corrected chi connectivity index (χ4v) is 2.29. The van der Waals surface area contributed by atoms with Crippen LogP contribution in [0, 0.1) is 11.6 Å². The molecule has 0 aliphatic heterocycles. The Morgan fingerprint density at radius 3 is 2.48 bits per heavy atom. The Morgan fingerprint density at radius 2 is 1.76 bits per heavy atom. The van der Waals surface area contributed by atoms with Crippen molar-refractivity contribution in [3.8, 4) is 0 Å². The molecule has 0 fully saturated rings. The maximum Gasteiger partial charge on any atom is 0.255 e. The maximum absolute atomic E-state index is 14.0. The van der Waals surface area contributed by atoms with Crippen LogP contribution in [0.15, 0.2) is 61.2 Å². The molecular formula is C18H14F2N4O. The highest BCUT2D eigenvalue weighted by Gasteiger charge is 2.11. The zero-order valence-corrected chi connectivity index (χ0v) is 13.3. The van der Waals surface area contributed by atoms with Crippen LogP contribution in [0.1, 0.15) is 10.4 Å². The number of carbonyl (C=O) groups is 1. The van der Waals surface area contributed by atoms with E-state index in [1.54, 1.807) is 30.4 Å². The molecular weight excluding hydrogens is 326 g/mol. The quantitative estimate of drug-likeness (QED) is 0.785. The Morgan fingerprint density at radius 1 is 1.00 bits per heavy atom. The molecule has 0 unspecified atom stereocenters. The lowest BCUT2D eigenvalue weighted by atomic mass is 10.2. The molecule has 0 spiro atoms. The topological polar surface area (TPSA) is 58.1 Å². The molecule has 7 heteroatoms. The molecule has 1 aromatic heterocycles. The Labute approximate surface area is 143 Å². The first-order chi connectivity index (χ1) is 12.0. The summed E-state index contributed by atoms with van der Waals surface area (Å²) in [6, 6.07) is 9.39. The van der Waals surface area contributed by atoms with E-state index in [2.05, 4.69) is 15.3 Å². The summed E-state index contributed by atoms with van der Waals surface area (Å²) in [6.45, 7) is 0. The lowest BCUT2D eigenvalue weighted by Crippen LogP contribution is -2.14. The number of aromatic nitrogens is 2. The molecule has 126 valence electrons. The van der Waals surface area contributed by atoms with Gasteiger partial charge in [0, 0.05) is 24.0 Å². The molecule has 1 amide bonds. The number of amides is 1. The van der Waals surface area contributed by atoms with Crippen molar-refractivity contribution in [2.45, 2.75) is 0 Å². The molecule has 5 nitrogen and oxygen atoms in total. The van der Waals surface area contributed by atoms with Crippen LogP contribution in [0.5, 0.6) is 0 Å². The second kappa shape index (κ2) is 7.04. The molecule has 0 saturated heterocycles. The fourth-order valence-electron chi connectivity index (χ4n) is 2.29. The van der Waals surface area contributed by atoms with Crippen LogP contribution in [-0.4, -0.2) is 22.9 Å². The van der Waals surface area contributed by atoms with E-state index in [0.29, 0.717) is 11.4 Å². The minimum absolute atomic E-state index is 0.149. The van der Waals surface area contributed by atoms with Crippen LogP contribution in [0.4, 0.5) is 25.8 Å². The molecule has 0 radical (unpaired) electrons. The summed E-state index contributed by atoms with van der Waals surface area (Å²) in [4.78, 5) is 21.7. The van der Waals surface area contributed by atoms with Crippen LogP contribution < -0.4 is 10.2 Å². The van der Waals surface area contributed by atoms with Crippen LogP contribution in [0.3, 0.4) is 0 Å². The highest BCUT2D eigenvalue weighted by Crippen LogP contribution is 2.26. The van der Waals surface area contributed by atoms with Gasteiger partial charge in [0.15, 0.2) is 0 Å². The third-order valence-corrected chi connectivity index (χ3v) is 3.55. The summed E-state index contributed by atoms with van der Waals surface area (Å²) < 4.78 is 27.2. The fraction of sp³-hybridized carbons (Fsp3) is 0.0556. The van der Waals surface area contributed by atoms with Crippen LogP contribution in [0.2, 0.25) is 0 Å². The Kier molecular flexibility index (Phi) is 4.65. The van der Waals surface area contributed by atoms with Gasteiger partial charge in [-0.15, -0.1) is 0 Å². The van der Waals surface area contributed by atoms with Crippen molar-refractivity contribution >= 4 is 23.0 Å². The number of hydrogen-bond acceptors (Lipinski definition) is 4. The summed E-state index contributed by atoms with van der Waals surface area (Å²) in [7, 11) is 1.73. The Hall–Kier alpha value is -3.35. The van der Waals surface area contributed by atoms with Crippen molar-refractivity contribution < 1.29 is 13.6 Å². The van der Waals surface area contributed by atoms with E-state index >= 15 is 0 Å². The normalized spacial score (nSPS) is 10.4. The summed E-state index contributed by atoms with van der Waals surface area (Å²) in [5.74, 6) is -1.56. The standard InChI is InChI=1S/C18H14F2N4O/c1-24(17-9-21-11-22-10-17)16-7-14(20)6-15(8-16)23-18(25)12-3-2-4-13(19)5-12/h2-11H,1H3,(H,23,25). The average Bonchev–Trinajstić information content (AvgIpc) is 2.61. The van der Waals surface area contributed by atoms with E-state index in [-0.39, 0.29) is 11.3 Å². The predicted octanol–water partition coefficient (Wildman–Crippen LogP) is 3.78. The number of benzene rings is 2. The first-order valence-electron chi connectivity index (χ1n) is 7.39. The average molecular weight is 340 g/mol. The first-order valence-corrected chi connectivity index (χ1v) is 7.39. The minimum atomic E-state index is -0.526. The highest BCUT2D eigenvalue weighted by atomic mass is 19.1. The van der Waals surface area contributed by atoms with Gasteiger partial charge in [-0.3, -0.25) is 4.79 Å². The van der Waals surface area contributed by atoms with E-state index in [4.69, 9.17) is 0 Å². The molecule has 0 bridgehead atoms. The van der Waals surface area contributed by atoms with Crippen molar-refractivity contribution in [3.05, 3.63) is 78.4 Å². The van der Waals surface area contributed by atoms with Gasteiger partial charge >= 0.3 is 0 Å². The van der Waals surface area contributed by atoms with Gasteiger partial charge < -0.3 is 10.2 Å². The molecule has 25 heavy (non-hydrogen) atoms. The number of anilines is 3. The SMILES string of the molecule is CN(c1cncnc1)c1cc(F)cc(NC(=O)c2cccc(F)c2)c1. The van der Waals surface area contributed by atoms with Gasteiger partial charge in [-0.05, 0) is 36.4 Å². The number of carbonyl (C=O) groups excluding carboxylic acids is 1. The van der Waals surface area contributed by atoms with Crippen LogP contribution in [0.25, 0.3) is 0 Å². The number of rotatable bonds is 4. The third kappa shape index (κ3) is 3.95. The molecule has 0 aliphatic rings. The molecule has 2 aromatic carbocycles. The lowest BCUT2D eigenvalue weighted by Gasteiger charge is -2.19. The Balaban J connectivity index is 1.85. The zero-order valence-electron chi connectivity index (χ0n) is 13.3. The third-order valence-electron chi connectivity index (χ3n) is 3.55. The zero-order chi connectivity index (χ0) is 17.8. The summed E-state index contributed by atoms with van der Waals surface area (Å²) >= 11 is 0. The predicted molar refractivity (Wildman–Crippen MR) is 90.8 cm³/mol. The highest BCUT2D eigenvalue weighted by molar-refractivity contribution is 6.04. The second-order valence-electron chi connectivity index (χ2n) is 5.32. The van der Waals surface area contributed by atoms with Crippen LogP contribution in [-0.2, 0) is 0 Å². The van der Waals surface area contributed by atoms with Crippen molar-refractivity contribution in [2.24, 2.45) is 0 Å². The molecule has 0 atom stereocenters. The summed E-state index contributed by atoms with van der Waals surface area (Å²) in [6.07, 6.45) is 4.57. The summed E-state index contributed by atoms with van der Waals surface area (Å²) in [5.41, 5.74) is 1.57. The van der Waals surface area contributed by atoms with Gasteiger partial charge in [-0.25, -0.2) is 18.7 Å². The minimum Gasteiger partial charge on any atom is -0.342 e. The van der Waals surface area contributed by atoms with Gasteiger partial charge in [0.05, 0.1) is 18.1 Å². The van der Waals surface area contributed by atoms with E-state index in [1.165, 1.54) is 36.7 Å². The van der Waals surface area contributed by atoms with E-state index in [9.17, 15) is 13.6 Å². The van der Waals surface area contributed by atoms with Gasteiger partial charge in [0.2, 0.25) is 0 Å². The maximum atomic E-state index is 14.0. The van der Waals surface area contributed by atoms with Crippen molar-refractivity contribution in [2.75, 3.05) is 17.3 Å². The largest absolute Gasteiger partial charge is 0.342 e. The number of halogens is 2. The van der Waals surface area contributed by atoms with Crippen molar-refractivity contribution in [1.82, 2.24) is 9.97 Å². The van der Waals surface area contributed by atoms with E-state index in [0.717, 1.165) is 6.07 Å². The number of nitrogens with one attached hydrogen (secondary N) is 1. The monoisotopic (exact) mass is 340 g/mol. The van der Waals surface area contributed by atoms with Gasteiger partial charge in [-0.2, -0.15) is 0 Å². The van der Waals surface area contributed by atoms with Gasteiger partial charge in [0.1, 0.15) is 18.0 Å². The van der Waals surface area contributed by atoms with Crippen LogP contribution >= 0.6 is 0 Å². The molecule has 1 heterocycles. The number of nitrogens with zero attached hydrogens (tertiary/aromatic N) is 3. The van der Waals surface area contributed by atoms with Gasteiger partial charge in [-0.1, -0.05) is 6.07 Å². The van der Waals surface area contributed by atoms with Gasteiger partial charge in [0.25, 0.3) is 5.91 Å². The van der Waals surface area contributed by atoms with Crippen molar-refractivity contribution in [3.63, 3.8) is 0 Å². The smallest absolute Gasteiger partial charge is 0.255 e. The second-order valence-corrected chi connectivity index (χ2v) is 5.32. The molecule has 0 aliphatic carbocycles. The van der Waals surface area contributed by atoms with E-state index < -0.39 is 17.5 Å². The Bertz CT molecular complexity index is 903. The van der Waals surface area contributed by atoms with Crippen molar-refractivity contribution in [1.29, 1.82) is 0 Å². The molecule has 3 rings (SSSR count). The summed E-state index contributed by atoms with van der Waals surface area (Å²) in [5, 5.41) is 2.57. The lowest BCUT2D eigenvalue weighted by molar-refractivity contribution is 0.102. The molecule has 0 saturated carbocycles.